The fourth-order valence-corrected chi connectivity index (χ4v) is 2.07. The summed E-state index contributed by atoms with van der Waals surface area (Å²) in [6.07, 6.45) is 0.455. The molecular weight excluding hydrogens is 272 g/mol. The van der Waals surface area contributed by atoms with Crippen LogP contribution in [0.15, 0.2) is 12.1 Å². The average Bonchev–Trinajstić information content (AvgIpc) is 2.85. The van der Waals surface area contributed by atoms with Crippen molar-refractivity contribution < 1.29 is 9.90 Å². The van der Waals surface area contributed by atoms with Gasteiger partial charge in [0.25, 0.3) is 5.91 Å². The Morgan fingerprint density at radius 2 is 2.15 bits per heavy atom. The second-order valence-corrected chi connectivity index (χ2v) is 6.41. The van der Waals surface area contributed by atoms with E-state index in [1.54, 1.807) is 6.07 Å². The minimum absolute atomic E-state index is 0.0608. The summed E-state index contributed by atoms with van der Waals surface area (Å²) in [6, 6.07) is 3.62. The number of hydrogen-bond acceptors (Lipinski definition) is 4. The molecule has 0 fully saturated rings. The van der Waals surface area contributed by atoms with Crippen LogP contribution in [0.2, 0.25) is 0 Å². The number of amides is 1. The molecule has 1 rings (SSSR count). The van der Waals surface area contributed by atoms with Gasteiger partial charge in [-0.05, 0) is 40.1 Å². The SMILES string of the molecule is CN(C)C(C)(C)CNC(=O)c1ccc(C#CCCO)s1. The van der Waals surface area contributed by atoms with Crippen LogP contribution in [0, 0.1) is 11.8 Å². The number of aliphatic hydroxyl groups is 1. The van der Waals surface area contributed by atoms with Gasteiger partial charge < -0.3 is 15.3 Å². The van der Waals surface area contributed by atoms with Crippen molar-refractivity contribution in [2.24, 2.45) is 0 Å². The third kappa shape index (κ3) is 4.97. The first kappa shape index (κ1) is 16.7. The Labute approximate surface area is 124 Å². The zero-order chi connectivity index (χ0) is 15.2. The number of thiophene rings is 1. The lowest BCUT2D eigenvalue weighted by atomic mass is 10.0. The van der Waals surface area contributed by atoms with E-state index in [0.717, 1.165) is 4.88 Å². The van der Waals surface area contributed by atoms with Gasteiger partial charge in [0.05, 0.1) is 16.4 Å². The van der Waals surface area contributed by atoms with Crippen molar-refractivity contribution in [3.63, 3.8) is 0 Å². The summed E-state index contributed by atoms with van der Waals surface area (Å²) in [5.74, 6) is 5.71. The Balaban J connectivity index is 2.59. The lowest BCUT2D eigenvalue weighted by molar-refractivity contribution is 0.0924. The molecule has 4 nitrogen and oxygen atoms in total. The summed E-state index contributed by atoms with van der Waals surface area (Å²) in [5, 5.41) is 11.6. The highest BCUT2D eigenvalue weighted by atomic mass is 32.1. The first-order valence-electron chi connectivity index (χ1n) is 6.52. The van der Waals surface area contributed by atoms with Gasteiger partial charge in [0.1, 0.15) is 0 Å². The number of nitrogens with zero attached hydrogens (tertiary/aromatic N) is 1. The van der Waals surface area contributed by atoms with E-state index in [1.165, 1.54) is 11.3 Å². The Morgan fingerprint density at radius 1 is 1.45 bits per heavy atom. The van der Waals surface area contributed by atoms with Crippen molar-refractivity contribution in [3.05, 3.63) is 21.9 Å². The molecule has 1 heterocycles. The van der Waals surface area contributed by atoms with Gasteiger partial charge in [-0.15, -0.1) is 11.3 Å². The van der Waals surface area contributed by atoms with Crippen LogP contribution >= 0.6 is 11.3 Å². The topological polar surface area (TPSA) is 52.6 Å². The number of hydrogen-bond donors (Lipinski definition) is 2. The molecule has 0 radical (unpaired) electrons. The molecule has 0 atom stereocenters. The molecule has 0 saturated heterocycles. The van der Waals surface area contributed by atoms with E-state index in [0.29, 0.717) is 17.8 Å². The highest BCUT2D eigenvalue weighted by Gasteiger charge is 2.21. The fourth-order valence-electron chi connectivity index (χ4n) is 1.27. The highest BCUT2D eigenvalue weighted by Crippen LogP contribution is 2.16. The molecule has 20 heavy (non-hydrogen) atoms. The van der Waals surface area contributed by atoms with Gasteiger partial charge >= 0.3 is 0 Å². The molecule has 0 bridgehead atoms. The molecule has 0 spiro atoms. The minimum Gasteiger partial charge on any atom is -0.395 e. The summed E-state index contributed by atoms with van der Waals surface area (Å²) in [6.45, 7) is 4.80. The molecule has 2 N–H and O–H groups in total. The summed E-state index contributed by atoms with van der Waals surface area (Å²) >= 11 is 1.37. The van der Waals surface area contributed by atoms with Crippen LogP contribution in [0.25, 0.3) is 0 Å². The van der Waals surface area contributed by atoms with E-state index in [1.807, 2.05) is 20.2 Å². The molecule has 0 saturated carbocycles. The van der Waals surface area contributed by atoms with Crippen molar-refractivity contribution in [1.82, 2.24) is 10.2 Å². The molecule has 5 heteroatoms. The number of likely N-dealkylation sites (N-methyl/N-ethyl adjacent to an activating group) is 1. The van der Waals surface area contributed by atoms with Gasteiger partial charge in [0.15, 0.2) is 0 Å². The van der Waals surface area contributed by atoms with E-state index in [4.69, 9.17) is 5.11 Å². The van der Waals surface area contributed by atoms with Crippen molar-refractivity contribution in [1.29, 1.82) is 0 Å². The average molecular weight is 294 g/mol. The third-order valence-corrected chi connectivity index (χ3v) is 4.17. The van der Waals surface area contributed by atoms with Gasteiger partial charge in [-0.2, -0.15) is 0 Å². The van der Waals surface area contributed by atoms with E-state index in [2.05, 4.69) is 35.9 Å². The number of aliphatic hydroxyl groups excluding tert-OH is 1. The van der Waals surface area contributed by atoms with Crippen molar-refractivity contribution in [3.8, 4) is 11.8 Å². The maximum Gasteiger partial charge on any atom is 0.261 e. The second kappa shape index (κ2) is 7.44. The second-order valence-electron chi connectivity index (χ2n) is 5.33. The van der Waals surface area contributed by atoms with Crippen molar-refractivity contribution in [2.45, 2.75) is 25.8 Å². The van der Waals surface area contributed by atoms with E-state index >= 15 is 0 Å². The molecule has 1 amide bonds. The fraction of sp³-hybridized carbons (Fsp3) is 0.533. The molecule has 0 unspecified atom stereocenters. The van der Waals surface area contributed by atoms with E-state index in [-0.39, 0.29) is 18.1 Å². The maximum absolute atomic E-state index is 12.0. The predicted molar refractivity (Wildman–Crippen MR) is 83.0 cm³/mol. The van der Waals surface area contributed by atoms with Crippen LogP contribution in [-0.4, -0.2) is 48.7 Å². The van der Waals surface area contributed by atoms with E-state index < -0.39 is 0 Å². The predicted octanol–water partition coefficient (Wildman–Crippen LogP) is 1.55. The van der Waals surface area contributed by atoms with Gasteiger partial charge in [0.2, 0.25) is 0 Å². The largest absolute Gasteiger partial charge is 0.395 e. The van der Waals surface area contributed by atoms with Gasteiger partial charge in [-0.25, -0.2) is 0 Å². The summed E-state index contributed by atoms with van der Waals surface area (Å²) in [4.78, 5) is 15.6. The number of nitrogens with one attached hydrogen (secondary N) is 1. The van der Waals surface area contributed by atoms with Crippen molar-refractivity contribution >= 4 is 17.2 Å². The maximum atomic E-state index is 12.0. The Hall–Kier alpha value is -1.35. The summed E-state index contributed by atoms with van der Waals surface area (Å²) in [5.41, 5.74) is -0.0866. The molecule has 0 aliphatic carbocycles. The van der Waals surface area contributed by atoms with Crippen LogP contribution in [0.3, 0.4) is 0 Å². The number of carbonyl (C=O) groups is 1. The smallest absolute Gasteiger partial charge is 0.261 e. The Kier molecular flexibility index (Phi) is 6.21. The highest BCUT2D eigenvalue weighted by molar-refractivity contribution is 7.14. The van der Waals surface area contributed by atoms with Crippen LogP contribution in [0.4, 0.5) is 0 Å². The Bertz CT molecular complexity index is 509. The first-order valence-corrected chi connectivity index (χ1v) is 7.33. The standard InChI is InChI=1S/C15H22N2O2S/c1-15(2,17(3)4)11-16-14(19)13-9-8-12(20-13)7-5-6-10-18/h8-9,18H,6,10-11H2,1-4H3,(H,16,19). The monoisotopic (exact) mass is 294 g/mol. The molecule has 0 aromatic carbocycles. The molecule has 0 aliphatic rings. The van der Waals surface area contributed by atoms with Crippen molar-refractivity contribution in [2.75, 3.05) is 27.2 Å². The lowest BCUT2D eigenvalue weighted by Crippen LogP contribution is -2.48. The van der Waals surface area contributed by atoms with Crippen LogP contribution in [-0.2, 0) is 0 Å². The minimum atomic E-state index is -0.0866. The molecule has 0 aliphatic heterocycles. The normalized spacial score (nSPS) is 11.1. The van der Waals surface area contributed by atoms with Gasteiger partial charge in [-0.3, -0.25) is 4.79 Å². The molecule has 1 aromatic heterocycles. The lowest BCUT2D eigenvalue weighted by Gasteiger charge is -2.32. The van der Waals surface area contributed by atoms with Gasteiger partial charge in [-0.1, -0.05) is 11.8 Å². The summed E-state index contributed by atoms with van der Waals surface area (Å²) < 4.78 is 0. The Morgan fingerprint density at radius 3 is 2.75 bits per heavy atom. The first-order chi connectivity index (χ1) is 9.36. The summed E-state index contributed by atoms with van der Waals surface area (Å²) in [7, 11) is 3.98. The molecule has 110 valence electrons. The van der Waals surface area contributed by atoms with E-state index in [9.17, 15) is 4.79 Å². The zero-order valence-electron chi connectivity index (χ0n) is 12.5. The van der Waals surface area contributed by atoms with Crippen LogP contribution in [0.1, 0.15) is 34.8 Å². The number of carbonyl (C=O) groups excluding carboxylic acids is 1. The quantitative estimate of drug-likeness (QED) is 0.810. The zero-order valence-corrected chi connectivity index (χ0v) is 13.3. The number of rotatable bonds is 5. The molecular formula is C15H22N2O2S. The van der Waals surface area contributed by atoms with Crippen LogP contribution < -0.4 is 5.32 Å². The van der Waals surface area contributed by atoms with Crippen LogP contribution in [0.5, 0.6) is 0 Å². The molecule has 1 aromatic rings. The third-order valence-electron chi connectivity index (χ3n) is 3.17. The van der Waals surface area contributed by atoms with Gasteiger partial charge in [0, 0.05) is 18.5 Å².